The Kier molecular flexibility index (Phi) is 8.70. The Hall–Kier alpha value is -3.61. The van der Waals surface area contributed by atoms with E-state index >= 15 is 0 Å². The second-order valence-electron chi connectivity index (χ2n) is 16.8. The first-order valence-corrected chi connectivity index (χ1v) is 28.9. The number of fused-ring (bicyclic) bond motifs is 4. The van der Waals surface area contributed by atoms with Crippen LogP contribution >= 0.6 is 17.0 Å². The zero-order valence-corrected chi connectivity index (χ0v) is 34.9. The van der Waals surface area contributed by atoms with Gasteiger partial charge in [0.15, 0.2) is 0 Å². The third kappa shape index (κ3) is 5.71. The molecule has 2 aliphatic carbocycles. The van der Waals surface area contributed by atoms with Crippen LogP contribution < -0.4 is 0 Å². The molecule has 0 amide bonds. The molecule has 1 unspecified atom stereocenters. The summed E-state index contributed by atoms with van der Waals surface area (Å²) in [4.78, 5) is 0. The SMILES string of the molecule is CC(C)(C)c1ccc2c(c1)[CH]([Zr]([Cl])([Cl])(=[C](c1ccccc1)c1ccccc1)[CH]1C(c3ccccc3)=Cc3ccccc31)c1cc(C(C)(C)C)ccc1-2. The van der Waals surface area contributed by atoms with Crippen molar-refractivity contribution in [3.8, 4) is 11.1 Å². The van der Waals surface area contributed by atoms with Gasteiger partial charge in [-0.25, -0.2) is 0 Å². The third-order valence-electron chi connectivity index (χ3n) is 11.4. The molecule has 0 saturated carbocycles. The molecule has 52 heavy (non-hydrogen) atoms. The number of allylic oxidation sites excluding steroid dienone is 1. The first-order chi connectivity index (χ1) is 24.8. The molecule has 3 heteroatoms. The molecule has 0 heterocycles. The molecule has 2 aliphatic rings. The van der Waals surface area contributed by atoms with Gasteiger partial charge in [0.2, 0.25) is 0 Å². The van der Waals surface area contributed by atoms with E-state index in [0.717, 1.165) is 19.9 Å². The molecule has 6 aromatic carbocycles. The van der Waals surface area contributed by atoms with Crippen LogP contribution in [0.2, 0.25) is 0 Å². The van der Waals surface area contributed by atoms with Gasteiger partial charge in [0.1, 0.15) is 0 Å². The van der Waals surface area contributed by atoms with E-state index in [1.807, 2.05) is 0 Å². The van der Waals surface area contributed by atoms with Crippen molar-refractivity contribution in [1.82, 2.24) is 0 Å². The second-order valence-corrected chi connectivity index (χ2v) is 37.3. The topological polar surface area (TPSA) is 0 Å². The van der Waals surface area contributed by atoms with Crippen LogP contribution in [0, 0.1) is 0 Å². The van der Waals surface area contributed by atoms with Crippen molar-refractivity contribution in [3.05, 3.63) is 202 Å². The zero-order chi connectivity index (χ0) is 36.5. The van der Waals surface area contributed by atoms with Crippen LogP contribution in [0.5, 0.6) is 0 Å². The molecule has 0 radical (unpaired) electrons. The minimum atomic E-state index is -5.86. The molecule has 0 saturated heterocycles. The molecule has 0 bridgehead atoms. The molecular weight excluding hydrogens is 751 g/mol. The van der Waals surface area contributed by atoms with Gasteiger partial charge in [0.25, 0.3) is 0 Å². The first-order valence-electron chi connectivity index (χ1n) is 18.5. The molecular formula is C49H46Cl2Zr. The Morgan fingerprint density at radius 2 is 0.923 bits per heavy atom. The van der Waals surface area contributed by atoms with Gasteiger partial charge in [-0.1, -0.05) is 0 Å². The predicted octanol–water partition coefficient (Wildman–Crippen LogP) is 13.9. The van der Waals surface area contributed by atoms with Gasteiger partial charge in [-0.05, 0) is 0 Å². The molecule has 0 nitrogen and oxygen atoms in total. The van der Waals surface area contributed by atoms with Gasteiger partial charge in [-0.2, -0.15) is 0 Å². The monoisotopic (exact) mass is 794 g/mol. The van der Waals surface area contributed by atoms with Gasteiger partial charge in [0, 0.05) is 0 Å². The molecule has 6 aromatic rings. The summed E-state index contributed by atoms with van der Waals surface area (Å²) < 4.78 is 0.637. The van der Waals surface area contributed by atoms with E-state index in [1.54, 1.807) is 0 Å². The maximum absolute atomic E-state index is 9.30. The minimum absolute atomic E-state index is 0.0602. The Bertz CT molecular complexity index is 2310. The normalized spacial score (nSPS) is 15.9. The number of hydrogen-bond donors (Lipinski definition) is 0. The van der Waals surface area contributed by atoms with E-state index in [-0.39, 0.29) is 18.1 Å². The van der Waals surface area contributed by atoms with Crippen molar-refractivity contribution in [2.45, 2.75) is 59.6 Å². The van der Waals surface area contributed by atoms with Gasteiger partial charge < -0.3 is 0 Å². The van der Waals surface area contributed by atoms with E-state index < -0.39 is 15.9 Å². The average molecular weight is 797 g/mol. The number of halogens is 2. The van der Waals surface area contributed by atoms with Crippen molar-refractivity contribution in [2.75, 3.05) is 0 Å². The van der Waals surface area contributed by atoms with Gasteiger partial charge in [-0.3, -0.25) is 0 Å². The first kappa shape index (κ1) is 35.4. The summed E-state index contributed by atoms with van der Waals surface area (Å²) >= 11 is -5.86. The molecule has 0 spiro atoms. The van der Waals surface area contributed by atoms with E-state index in [2.05, 4.69) is 199 Å². The summed E-state index contributed by atoms with van der Waals surface area (Å²) in [6.07, 6.45) is 2.37. The molecule has 0 N–H and O–H groups in total. The van der Waals surface area contributed by atoms with Gasteiger partial charge in [0.05, 0.1) is 0 Å². The molecule has 1 atom stereocenters. The summed E-state index contributed by atoms with van der Waals surface area (Å²) in [5.41, 5.74) is 14.4. The molecule has 0 fully saturated rings. The summed E-state index contributed by atoms with van der Waals surface area (Å²) in [7, 11) is 18.6. The van der Waals surface area contributed by atoms with E-state index in [0.29, 0.717) is 0 Å². The van der Waals surface area contributed by atoms with E-state index in [4.69, 9.17) is 0 Å². The number of hydrogen-bond acceptors (Lipinski definition) is 0. The predicted molar refractivity (Wildman–Crippen MR) is 222 cm³/mol. The molecule has 0 aromatic heterocycles. The fourth-order valence-corrected chi connectivity index (χ4v) is 30.9. The average Bonchev–Trinajstić information content (AvgIpc) is 3.70. The van der Waals surface area contributed by atoms with Crippen LogP contribution in [-0.4, -0.2) is 3.21 Å². The van der Waals surface area contributed by atoms with Crippen molar-refractivity contribution in [1.29, 1.82) is 0 Å². The maximum atomic E-state index is 9.30. The summed E-state index contributed by atoms with van der Waals surface area (Å²) in [5, 5.41) is 0. The van der Waals surface area contributed by atoms with Crippen molar-refractivity contribution < 1.29 is 15.9 Å². The van der Waals surface area contributed by atoms with Crippen LogP contribution in [0.15, 0.2) is 152 Å². The van der Waals surface area contributed by atoms with Crippen molar-refractivity contribution in [2.24, 2.45) is 0 Å². The van der Waals surface area contributed by atoms with Crippen molar-refractivity contribution in [3.63, 3.8) is 0 Å². The van der Waals surface area contributed by atoms with Crippen LogP contribution in [0.4, 0.5) is 0 Å². The molecule has 260 valence electrons. The third-order valence-corrected chi connectivity index (χ3v) is 30.9. The molecule has 8 rings (SSSR count). The van der Waals surface area contributed by atoms with Crippen LogP contribution in [0.1, 0.15) is 98.9 Å². The number of rotatable bonds is 5. The standard InChI is InChI=1S/C21H25.C15H11.C13H10.2ClH.Zr/c1-20(2,3)16-7-9-18-14(12-16)11-15-13-17(21(4,5)6)8-10-19(15)18;1-2-6-12(7-3-1)15-10-13-8-4-5-9-14(13)11-15;1-3-7-12(8-4-1)11-13-9-5-2-6-10-13;;;/h7-13H,1-6H3;1-11H;1-10H;2*1H;/q;;;;;+2/p-2. The van der Waals surface area contributed by atoms with Gasteiger partial charge in [-0.15, -0.1) is 0 Å². The van der Waals surface area contributed by atoms with Crippen LogP contribution in [0.3, 0.4) is 0 Å². The van der Waals surface area contributed by atoms with Crippen molar-refractivity contribution >= 4 is 31.9 Å². The summed E-state index contributed by atoms with van der Waals surface area (Å²) in [6.45, 7) is 13.8. The second kappa shape index (κ2) is 12.8. The molecule has 0 aliphatic heterocycles. The Morgan fingerprint density at radius 1 is 0.481 bits per heavy atom. The Labute approximate surface area is 317 Å². The number of benzene rings is 6. The Morgan fingerprint density at radius 3 is 1.40 bits per heavy atom. The zero-order valence-electron chi connectivity index (χ0n) is 30.9. The Balaban J connectivity index is 1.63. The summed E-state index contributed by atoms with van der Waals surface area (Å²) in [5.74, 6) is 0. The van der Waals surface area contributed by atoms with E-state index in [1.165, 1.54) is 50.1 Å². The summed E-state index contributed by atoms with van der Waals surface area (Å²) in [6, 6.07) is 55.4. The van der Waals surface area contributed by atoms with Gasteiger partial charge >= 0.3 is 320 Å². The van der Waals surface area contributed by atoms with E-state index in [9.17, 15) is 17.0 Å². The van der Waals surface area contributed by atoms with Crippen LogP contribution in [-0.2, 0) is 26.7 Å². The fourth-order valence-electron chi connectivity index (χ4n) is 8.92. The fraction of sp³-hybridized carbons (Fsp3) is 0.204. The quantitative estimate of drug-likeness (QED) is 0.163. The van der Waals surface area contributed by atoms with Crippen LogP contribution in [0.25, 0.3) is 22.8 Å².